The zero-order valence-corrected chi connectivity index (χ0v) is 17.6. The zero-order chi connectivity index (χ0) is 22.6. The first-order chi connectivity index (χ1) is 14.7. The van der Waals surface area contributed by atoms with Gasteiger partial charge in [0.25, 0.3) is 15.9 Å². The summed E-state index contributed by atoms with van der Waals surface area (Å²) in [4.78, 5) is 24.4. The van der Waals surface area contributed by atoms with E-state index in [9.17, 15) is 23.1 Å². The molecule has 3 N–H and O–H groups in total. The number of para-hydroxylation sites is 1. The summed E-state index contributed by atoms with van der Waals surface area (Å²) in [5, 5.41) is 11.8. The van der Waals surface area contributed by atoms with Crippen LogP contribution in [0, 0.1) is 6.92 Å². The molecule has 31 heavy (non-hydrogen) atoms. The average Bonchev–Trinajstić information content (AvgIpc) is 2.73. The number of carbonyl (C=O) groups excluding carboxylic acids is 1. The average molecular weight is 440 g/mol. The molecule has 0 aliphatic carbocycles. The fourth-order valence-corrected chi connectivity index (χ4v) is 4.28. The molecule has 0 aliphatic rings. The minimum Gasteiger partial charge on any atom is -0.497 e. The van der Waals surface area contributed by atoms with Crippen LogP contribution in [0.3, 0.4) is 0 Å². The number of carbonyl (C=O) groups is 2. The second-order valence-corrected chi connectivity index (χ2v) is 8.24. The van der Waals surface area contributed by atoms with Gasteiger partial charge in [-0.1, -0.05) is 30.3 Å². The van der Waals surface area contributed by atoms with E-state index in [0.29, 0.717) is 11.3 Å². The molecule has 0 spiro atoms. The molecule has 0 aromatic heterocycles. The van der Waals surface area contributed by atoms with Gasteiger partial charge in [0, 0.05) is 6.07 Å². The number of methoxy groups -OCH3 is 1. The SMILES string of the molecule is COc1ccc(C(=O)Nc2ccccc2C(=O)O)c(NS(=O)(=O)c2ccccc2C)c1. The van der Waals surface area contributed by atoms with Gasteiger partial charge in [0.2, 0.25) is 0 Å². The Bertz CT molecular complexity index is 1250. The first-order valence-electron chi connectivity index (χ1n) is 9.13. The van der Waals surface area contributed by atoms with Gasteiger partial charge in [-0.15, -0.1) is 0 Å². The maximum absolute atomic E-state index is 12.9. The Morgan fingerprint density at radius 1 is 0.903 bits per heavy atom. The summed E-state index contributed by atoms with van der Waals surface area (Å²) in [6.45, 7) is 1.66. The summed E-state index contributed by atoms with van der Waals surface area (Å²) in [5.41, 5.74) is 0.528. The van der Waals surface area contributed by atoms with E-state index in [1.807, 2.05) is 0 Å². The van der Waals surface area contributed by atoms with Crippen LogP contribution in [0.25, 0.3) is 0 Å². The van der Waals surface area contributed by atoms with Crippen molar-refractivity contribution in [2.24, 2.45) is 0 Å². The molecule has 9 heteroatoms. The molecule has 160 valence electrons. The summed E-state index contributed by atoms with van der Waals surface area (Å²) in [7, 11) is -2.58. The Morgan fingerprint density at radius 3 is 2.26 bits per heavy atom. The van der Waals surface area contributed by atoms with E-state index in [1.54, 1.807) is 31.2 Å². The standard InChI is InChI=1S/C22H20N2O6S/c1-14-7-3-6-10-20(14)31(28,29)24-19-13-15(30-2)11-12-16(19)21(25)23-18-9-5-4-8-17(18)22(26)27/h3-13,24H,1-2H3,(H,23,25)(H,26,27). The van der Waals surface area contributed by atoms with Crippen molar-refractivity contribution in [3.05, 3.63) is 83.4 Å². The molecule has 8 nitrogen and oxygen atoms in total. The van der Waals surface area contributed by atoms with Gasteiger partial charge in [0.1, 0.15) is 5.75 Å². The number of amides is 1. The smallest absolute Gasteiger partial charge is 0.337 e. The molecule has 0 atom stereocenters. The molecular formula is C22H20N2O6S. The van der Waals surface area contributed by atoms with Crippen molar-refractivity contribution in [3.63, 3.8) is 0 Å². The van der Waals surface area contributed by atoms with E-state index in [-0.39, 0.29) is 27.4 Å². The third-order valence-electron chi connectivity index (χ3n) is 4.50. The Morgan fingerprint density at radius 2 is 1.58 bits per heavy atom. The number of carboxylic acids is 1. The van der Waals surface area contributed by atoms with Gasteiger partial charge in [0.15, 0.2) is 0 Å². The fraction of sp³-hybridized carbons (Fsp3) is 0.0909. The topological polar surface area (TPSA) is 122 Å². The van der Waals surface area contributed by atoms with Gasteiger partial charge in [-0.05, 0) is 42.8 Å². The van der Waals surface area contributed by atoms with Crippen molar-refractivity contribution >= 4 is 33.3 Å². The molecule has 0 saturated heterocycles. The van der Waals surface area contributed by atoms with Crippen LogP contribution in [0.1, 0.15) is 26.3 Å². The number of sulfonamides is 1. The van der Waals surface area contributed by atoms with Crippen LogP contribution in [0.15, 0.2) is 71.6 Å². The lowest BCUT2D eigenvalue weighted by molar-refractivity contribution is 0.0698. The highest BCUT2D eigenvalue weighted by atomic mass is 32.2. The molecule has 0 radical (unpaired) electrons. The van der Waals surface area contributed by atoms with Crippen molar-refractivity contribution in [1.29, 1.82) is 0 Å². The van der Waals surface area contributed by atoms with Gasteiger partial charge >= 0.3 is 5.97 Å². The number of anilines is 2. The molecule has 0 heterocycles. The minimum atomic E-state index is -4.00. The molecule has 3 rings (SSSR count). The van der Waals surface area contributed by atoms with E-state index < -0.39 is 21.9 Å². The number of nitrogens with one attached hydrogen (secondary N) is 2. The van der Waals surface area contributed by atoms with Crippen LogP contribution in [-0.2, 0) is 10.0 Å². The van der Waals surface area contributed by atoms with Crippen molar-refractivity contribution in [2.45, 2.75) is 11.8 Å². The van der Waals surface area contributed by atoms with Gasteiger partial charge in [-0.25, -0.2) is 13.2 Å². The fourth-order valence-electron chi connectivity index (χ4n) is 2.96. The third-order valence-corrected chi connectivity index (χ3v) is 6.03. The van der Waals surface area contributed by atoms with E-state index in [1.165, 1.54) is 49.6 Å². The van der Waals surface area contributed by atoms with Crippen LogP contribution in [0.2, 0.25) is 0 Å². The van der Waals surface area contributed by atoms with Crippen LogP contribution < -0.4 is 14.8 Å². The molecule has 0 saturated carbocycles. The van der Waals surface area contributed by atoms with E-state index >= 15 is 0 Å². The zero-order valence-electron chi connectivity index (χ0n) is 16.7. The number of benzene rings is 3. The number of hydrogen-bond donors (Lipinski definition) is 3. The monoisotopic (exact) mass is 440 g/mol. The van der Waals surface area contributed by atoms with Crippen LogP contribution in [-0.4, -0.2) is 32.5 Å². The van der Waals surface area contributed by atoms with Gasteiger partial charge < -0.3 is 15.2 Å². The number of aryl methyl sites for hydroxylation is 1. The highest BCUT2D eigenvalue weighted by Gasteiger charge is 2.22. The number of rotatable bonds is 7. The molecule has 3 aromatic rings. The Labute approximate surface area is 179 Å². The van der Waals surface area contributed by atoms with Crippen molar-refractivity contribution < 1.29 is 27.9 Å². The first-order valence-corrected chi connectivity index (χ1v) is 10.6. The van der Waals surface area contributed by atoms with Crippen LogP contribution in [0.5, 0.6) is 5.75 Å². The largest absolute Gasteiger partial charge is 0.497 e. The summed E-state index contributed by atoms with van der Waals surface area (Å²) < 4.78 is 33.5. The summed E-state index contributed by atoms with van der Waals surface area (Å²) in [6.07, 6.45) is 0. The van der Waals surface area contributed by atoms with Gasteiger partial charge in [0.05, 0.1) is 34.5 Å². The lowest BCUT2D eigenvalue weighted by Gasteiger charge is -2.15. The Hall–Kier alpha value is -3.85. The highest BCUT2D eigenvalue weighted by Crippen LogP contribution is 2.27. The molecule has 3 aromatic carbocycles. The second-order valence-electron chi connectivity index (χ2n) is 6.59. The lowest BCUT2D eigenvalue weighted by Crippen LogP contribution is -2.20. The van der Waals surface area contributed by atoms with E-state index in [0.717, 1.165) is 0 Å². The van der Waals surface area contributed by atoms with E-state index in [2.05, 4.69) is 10.0 Å². The van der Waals surface area contributed by atoms with Gasteiger partial charge in [-0.3, -0.25) is 9.52 Å². The Kier molecular flexibility index (Phi) is 6.26. The number of aromatic carboxylic acids is 1. The summed E-state index contributed by atoms with van der Waals surface area (Å²) in [6, 6.07) is 16.6. The molecule has 0 aliphatic heterocycles. The molecule has 0 fully saturated rings. The second kappa shape index (κ2) is 8.88. The van der Waals surface area contributed by atoms with Crippen molar-refractivity contribution in [3.8, 4) is 5.75 Å². The lowest BCUT2D eigenvalue weighted by atomic mass is 10.1. The predicted octanol–water partition coefficient (Wildman–Crippen LogP) is 3.75. The number of hydrogen-bond acceptors (Lipinski definition) is 5. The first kappa shape index (κ1) is 21.8. The normalized spacial score (nSPS) is 10.9. The summed E-state index contributed by atoms with van der Waals surface area (Å²) >= 11 is 0. The van der Waals surface area contributed by atoms with Gasteiger partial charge in [-0.2, -0.15) is 0 Å². The van der Waals surface area contributed by atoms with Crippen LogP contribution >= 0.6 is 0 Å². The van der Waals surface area contributed by atoms with Crippen LogP contribution in [0.4, 0.5) is 11.4 Å². The number of carboxylic acid groups (broad SMARTS) is 1. The van der Waals surface area contributed by atoms with Crippen molar-refractivity contribution in [2.75, 3.05) is 17.1 Å². The predicted molar refractivity (Wildman–Crippen MR) is 116 cm³/mol. The highest BCUT2D eigenvalue weighted by molar-refractivity contribution is 7.92. The molecular weight excluding hydrogens is 420 g/mol. The Balaban J connectivity index is 2.00. The molecule has 0 bridgehead atoms. The van der Waals surface area contributed by atoms with E-state index in [4.69, 9.17) is 4.74 Å². The van der Waals surface area contributed by atoms with Crippen molar-refractivity contribution in [1.82, 2.24) is 0 Å². The minimum absolute atomic E-state index is 0.00171. The third kappa shape index (κ3) is 4.84. The summed E-state index contributed by atoms with van der Waals surface area (Å²) in [5.74, 6) is -1.55. The quantitative estimate of drug-likeness (QED) is 0.514. The number of ether oxygens (including phenoxy) is 1. The maximum Gasteiger partial charge on any atom is 0.337 e. The molecule has 1 amide bonds. The molecule has 0 unspecified atom stereocenters. The maximum atomic E-state index is 12.9.